The number of aliphatic imine (C=N–C) groups is 1. The van der Waals surface area contributed by atoms with Gasteiger partial charge in [0, 0.05) is 17.8 Å². The van der Waals surface area contributed by atoms with Gasteiger partial charge < -0.3 is 5.73 Å². The fraction of sp³-hybridized carbons (Fsp3) is 0. The van der Waals surface area contributed by atoms with Crippen molar-refractivity contribution in [2.45, 2.75) is 0 Å². The maximum absolute atomic E-state index is 13.7. The Kier molecular flexibility index (Phi) is 5.40. The molecule has 0 aliphatic carbocycles. The van der Waals surface area contributed by atoms with E-state index in [1.807, 2.05) is 12.1 Å². The molecule has 0 saturated carbocycles. The van der Waals surface area contributed by atoms with Gasteiger partial charge in [-0.05, 0) is 36.5 Å². The molecule has 0 aromatic carbocycles. The number of halogens is 1. The summed E-state index contributed by atoms with van der Waals surface area (Å²) in [7, 11) is 0. The summed E-state index contributed by atoms with van der Waals surface area (Å²) in [4.78, 5) is 28.6. The van der Waals surface area contributed by atoms with E-state index in [1.54, 1.807) is 17.6 Å². The Hall–Kier alpha value is -3.46. The Morgan fingerprint density at radius 2 is 2.04 bits per heavy atom. The molecule has 0 saturated heterocycles. The van der Waals surface area contributed by atoms with Gasteiger partial charge in [-0.1, -0.05) is 6.07 Å². The number of carbonyl (C=O) groups is 1. The Balaban J connectivity index is 1.81. The van der Waals surface area contributed by atoms with Gasteiger partial charge in [-0.15, -0.1) is 11.3 Å². The maximum Gasteiger partial charge on any atom is 0.276 e. The predicted molar refractivity (Wildman–Crippen MR) is 98.6 cm³/mol. The molecule has 3 aromatic rings. The molecule has 3 heterocycles. The Morgan fingerprint density at radius 1 is 1.19 bits per heavy atom. The summed E-state index contributed by atoms with van der Waals surface area (Å²) in [5.41, 5.74) is 6.58. The third-order valence-electron chi connectivity index (χ3n) is 3.10. The molecule has 3 N–H and O–H groups in total. The molecular weight excluding hydrogens is 355 g/mol. The average molecular weight is 368 g/mol. The molecular formula is C17H13FN6OS. The molecule has 3 rings (SSSR count). The van der Waals surface area contributed by atoms with Crippen molar-refractivity contribution in [2.75, 3.05) is 5.32 Å². The van der Waals surface area contributed by atoms with E-state index in [2.05, 4.69) is 25.3 Å². The van der Waals surface area contributed by atoms with Crippen molar-refractivity contribution in [1.82, 2.24) is 15.0 Å². The molecule has 3 aromatic heterocycles. The van der Waals surface area contributed by atoms with Crippen LogP contribution in [0.3, 0.4) is 0 Å². The Morgan fingerprint density at radius 3 is 2.77 bits per heavy atom. The van der Waals surface area contributed by atoms with Crippen molar-refractivity contribution in [2.24, 2.45) is 10.7 Å². The van der Waals surface area contributed by atoms with Crippen LogP contribution in [0.5, 0.6) is 0 Å². The predicted octanol–water partition coefficient (Wildman–Crippen LogP) is 2.92. The lowest BCUT2D eigenvalue weighted by Crippen LogP contribution is -2.21. The number of pyridine rings is 2. The molecule has 0 unspecified atom stereocenters. The van der Waals surface area contributed by atoms with Crippen molar-refractivity contribution in [1.29, 1.82) is 0 Å². The smallest absolute Gasteiger partial charge is 0.276 e. The minimum Gasteiger partial charge on any atom is -0.405 e. The summed E-state index contributed by atoms with van der Waals surface area (Å²) in [5.74, 6) is -1.43. The van der Waals surface area contributed by atoms with Crippen LogP contribution in [0.2, 0.25) is 0 Å². The highest BCUT2D eigenvalue weighted by atomic mass is 32.1. The van der Waals surface area contributed by atoms with Crippen LogP contribution in [0.4, 0.5) is 15.3 Å². The number of nitrogens with one attached hydrogen (secondary N) is 1. The molecule has 26 heavy (non-hydrogen) atoms. The monoisotopic (exact) mass is 368 g/mol. The lowest BCUT2D eigenvalue weighted by Gasteiger charge is -2.02. The van der Waals surface area contributed by atoms with Crippen LogP contribution in [-0.2, 0) is 4.79 Å². The van der Waals surface area contributed by atoms with Gasteiger partial charge in [0.05, 0.1) is 5.69 Å². The standard InChI is InChI=1S/C17H13FN6OS/c18-11-4-3-9-21-15(11)22-13(6-7-19)16(25)24-17-23-14(10-26-17)12-5-1-2-8-20-12/h1-10H,19H2,(H,23,24,25)/b7-6-,22-13-. The first-order valence-corrected chi connectivity index (χ1v) is 8.31. The molecule has 0 fully saturated rings. The average Bonchev–Trinajstić information content (AvgIpc) is 3.12. The summed E-state index contributed by atoms with van der Waals surface area (Å²) >= 11 is 1.23. The van der Waals surface area contributed by atoms with Gasteiger partial charge in [0.1, 0.15) is 11.4 Å². The summed E-state index contributed by atoms with van der Waals surface area (Å²) in [6.45, 7) is 0. The minimum atomic E-state index is -0.644. The number of carbonyl (C=O) groups excluding carboxylic acids is 1. The van der Waals surface area contributed by atoms with Crippen LogP contribution in [-0.4, -0.2) is 26.6 Å². The number of thiazole rings is 1. The van der Waals surface area contributed by atoms with Gasteiger partial charge in [0.15, 0.2) is 16.8 Å². The van der Waals surface area contributed by atoms with Crippen molar-refractivity contribution >= 4 is 33.9 Å². The van der Waals surface area contributed by atoms with Crippen LogP contribution in [0.15, 0.2) is 65.4 Å². The van der Waals surface area contributed by atoms with Gasteiger partial charge >= 0.3 is 0 Å². The van der Waals surface area contributed by atoms with E-state index in [4.69, 9.17) is 5.73 Å². The number of hydrogen-bond acceptors (Lipinski definition) is 7. The normalized spacial score (nSPS) is 11.7. The summed E-state index contributed by atoms with van der Waals surface area (Å²) in [6, 6.07) is 8.10. The third-order valence-corrected chi connectivity index (χ3v) is 3.86. The van der Waals surface area contributed by atoms with Crippen molar-refractivity contribution in [3.8, 4) is 11.4 Å². The molecule has 9 heteroatoms. The minimum absolute atomic E-state index is 0.0975. The zero-order valence-corrected chi connectivity index (χ0v) is 14.2. The first-order chi connectivity index (χ1) is 12.7. The van der Waals surface area contributed by atoms with E-state index >= 15 is 0 Å². The van der Waals surface area contributed by atoms with E-state index in [9.17, 15) is 9.18 Å². The number of hydrogen-bond donors (Lipinski definition) is 2. The first kappa shape index (κ1) is 17.4. The lowest BCUT2D eigenvalue weighted by molar-refractivity contribution is -0.110. The topological polar surface area (TPSA) is 106 Å². The van der Waals surface area contributed by atoms with E-state index in [0.29, 0.717) is 16.5 Å². The number of anilines is 1. The molecule has 0 spiro atoms. The van der Waals surface area contributed by atoms with Crippen LogP contribution in [0.25, 0.3) is 11.4 Å². The second-order valence-corrected chi connectivity index (χ2v) is 5.73. The molecule has 130 valence electrons. The quantitative estimate of drug-likeness (QED) is 0.674. The van der Waals surface area contributed by atoms with Crippen molar-refractivity contribution in [3.05, 3.63) is 66.2 Å². The van der Waals surface area contributed by atoms with Crippen LogP contribution in [0, 0.1) is 5.82 Å². The number of rotatable bonds is 5. The van der Waals surface area contributed by atoms with Crippen molar-refractivity contribution < 1.29 is 9.18 Å². The largest absolute Gasteiger partial charge is 0.405 e. The van der Waals surface area contributed by atoms with E-state index in [0.717, 1.165) is 6.20 Å². The lowest BCUT2D eigenvalue weighted by atomic mass is 10.3. The van der Waals surface area contributed by atoms with Gasteiger partial charge in [0.2, 0.25) is 0 Å². The third kappa shape index (κ3) is 4.14. The zero-order chi connectivity index (χ0) is 18.4. The summed E-state index contributed by atoms with van der Waals surface area (Å²) in [6.07, 6.45) is 5.44. The molecule has 0 atom stereocenters. The highest BCUT2D eigenvalue weighted by Crippen LogP contribution is 2.23. The van der Waals surface area contributed by atoms with Crippen LogP contribution < -0.4 is 11.1 Å². The Bertz CT molecular complexity index is 970. The van der Waals surface area contributed by atoms with Crippen LogP contribution in [0.1, 0.15) is 0 Å². The van der Waals surface area contributed by atoms with E-state index < -0.39 is 11.7 Å². The Labute approximate surface area is 152 Å². The SMILES string of the molecule is N/C=C\C(=N\c1ncccc1F)C(=O)Nc1nc(-c2ccccn2)cs1. The number of nitrogens with zero attached hydrogens (tertiary/aromatic N) is 4. The number of aromatic nitrogens is 3. The fourth-order valence-electron chi connectivity index (χ4n) is 1.95. The number of amides is 1. The molecule has 0 aliphatic heterocycles. The summed E-state index contributed by atoms with van der Waals surface area (Å²) < 4.78 is 13.7. The van der Waals surface area contributed by atoms with Gasteiger partial charge in [-0.2, -0.15) is 0 Å². The zero-order valence-electron chi connectivity index (χ0n) is 13.3. The second kappa shape index (κ2) is 8.08. The molecule has 7 nitrogen and oxygen atoms in total. The van der Waals surface area contributed by atoms with E-state index in [-0.39, 0.29) is 11.5 Å². The molecule has 1 amide bonds. The van der Waals surface area contributed by atoms with Crippen LogP contribution >= 0.6 is 11.3 Å². The van der Waals surface area contributed by atoms with E-state index in [1.165, 1.54) is 35.7 Å². The maximum atomic E-state index is 13.7. The van der Waals surface area contributed by atoms with Gasteiger partial charge in [-0.3, -0.25) is 15.1 Å². The number of nitrogens with two attached hydrogens (primary N) is 1. The van der Waals surface area contributed by atoms with Crippen molar-refractivity contribution in [3.63, 3.8) is 0 Å². The first-order valence-electron chi connectivity index (χ1n) is 7.43. The van der Waals surface area contributed by atoms with Gasteiger partial charge in [-0.25, -0.2) is 19.4 Å². The molecule has 0 bridgehead atoms. The molecule has 0 radical (unpaired) electrons. The highest BCUT2D eigenvalue weighted by molar-refractivity contribution is 7.14. The van der Waals surface area contributed by atoms with Gasteiger partial charge in [0.25, 0.3) is 5.91 Å². The fourth-order valence-corrected chi connectivity index (χ4v) is 2.65. The molecule has 0 aliphatic rings. The highest BCUT2D eigenvalue weighted by Gasteiger charge is 2.14. The summed E-state index contributed by atoms with van der Waals surface area (Å²) in [5, 5.41) is 4.74. The second-order valence-electron chi connectivity index (χ2n) is 4.87.